The van der Waals surface area contributed by atoms with Gasteiger partial charge < -0.3 is 40.3 Å². The molecule has 1 heterocycles. The Morgan fingerprint density at radius 2 is 0.962 bits per heavy atom. The summed E-state index contributed by atoms with van der Waals surface area (Å²) in [6, 6.07) is -0.709. The lowest BCUT2D eigenvalue weighted by molar-refractivity contribution is -0.302. The maximum absolute atomic E-state index is 12.8. The lowest BCUT2D eigenvalue weighted by Gasteiger charge is -2.40. The van der Waals surface area contributed by atoms with Crippen LogP contribution in [0.3, 0.4) is 0 Å². The second kappa shape index (κ2) is 34.7. The molecule has 0 radical (unpaired) electrons. The number of hydrogen-bond acceptors (Lipinski definition) is 8. The minimum Gasteiger partial charge on any atom is -0.394 e. The van der Waals surface area contributed by atoms with E-state index in [1.807, 2.05) is 0 Å². The van der Waals surface area contributed by atoms with Crippen LogP contribution in [0.5, 0.6) is 0 Å². The van der Waals surface area contributed by atoms with Crippen molar-refractivity contribution in [2.75, 3.05) is 13.2 Å². The van der Waals surface area contributed by atoms with Gasteiger partial charge in [-0.25, -0.2) is 0 Å². The van der Waals surface area contributed by atoms with Gasteiger partial charge in [0.1, 0.15) is 24.4 Å². The first-order chi connectivity index (χ1) is 25.3. The molecule has 0 saturated carbocycles. The van der Waals surface area contributed by atoms with Crippen molar-refractivity contribution in [2.45, 2.75) is 256 Å². The summed E-state index contributed by atoms with van der Waals surface area (Å²) in [5.74, 6) is -0.147. The molecule has 0 aliphatic carbocycles. The van der Waals surface area contributed by atoms with Gasteiger partial charge in [-0.2, -0.15) is 0 Å². The van der Waals surface area contributed by atoms with Crippen molar-refractivity contribution in [3.63, 3.8) is 0 Å². The van der Waals surface area contributed by atoms with E-state index in [4.69, 9.17) is 9.47 Å². The van der Waals surface area contributed by atoms with Crippen LogP contribution in [-0.4, -0.2) is 87.5 Å². The Hall–Kier alpha value is -0.810. The van der Waals surface area contributed by atoms with Crippen LogP contribution in [-0.2, 0) is 14.3 Å². The highest BCUT2D eigenvalue weighted by Crippen LogP contribution is 2.23. The lowest BCUT2D eigenvalue weighted by Crippen LogP contribution is -2.60. The number of nitrogens with one attached hydrogen (secondary N) is 1. The summed E-state index contributed by atoms with van der Waals surface area (Å²) in [4.78, 5) is 12.8. The third kappa shape index (κ3) is 25.3. The van der Waals surface area contributed by atoms with E-state index in [9.17, 15) is 30.3 Å². The molecule has 0 aromatic carbocycles. The summed E-state index contributed by atoms with van der Waals surface area (Å²) >= 11 is 0. The fraction of sp³-hybridized carbons (Fsp3) is 0.977. The number of aliphatic hydroxyl groups excluding tert-OH is 5. The third-order valence-corrected chi connectivity index (χ3v) is 11.0. The van der Waals surface area contributed by atoms with E-state index < -0.39 is 49.5 Å². The molecule has 1 saturated heterocycles. The molecule has 1 amide bonds. The Labute approximate surface area is 319 Å². The Balaban J connectivity index is 2.25. The SMILES string of the molecule is CCCCCCCCCCCCCCCCCCCCCCCC(O)C(COC1OC(CO)C(O)C(O)C1O)NC(=O)CCCCCCCCCC. The van der Waals surface area contributed by atoms with E-state index >= 15 is 0 Å². The zero-order valence-electron chi connectivity index (χ0n) is 33.8. The molecule has 1 fully saturated rings. The van der Waals surface area contributed by atoms with E-state index in [0.717, 1.165) is 38.5 Å². The van der Waals surface area contributed by atoms with E-state index in [1.54, 1.807) is 0 Å². The minimum atomic E-state index is -1.55. The molecular weight excluding hydrogens is 658 g/mol. The van der Waals surface area contributed by atoms with Crippen molar-refractivity contribution in [3.05, 3.63) is 0 Å². The number of amides is 1. The molecule has 1 rings (SSSR count). The van der Waals surface area contributed by atoms with E-state index in [0.29, 0.717) is 12.8 Å². The molecule has 9 nitrogen and oxygen atoms in total. The van der Waals surface area contributed by atoms with Gasteiger partial charge in [-0.3, -0.25) is 4.79 Å². The van der Waals surface area contributed by atoms with Gasteiger partial charge in [0.05, 0.1) is 25.4 Å². The first-order valence-electron chi connectivity index (χ1n) is 22.2. The molecule has 0 aromatic rings. The zero-order chi connectivity index (χ0) is 38.1. The Morgan fingerprint density at radius 3 is 1.37 bits per heavy atom. The van der Waals surface area contributed by atoms with Gasteiger partial charge in [-0.05, 0) is 12.8 Å². The van der Waals surface area contributed by atoms with Crippen LogP contribution in [0.1, 0.15) is 213 Å². The highest BCUT2D eigenvalue weighted by atomic mass is 16.7. The maximum Gasteiger partial charge on any atom is 0.220 e. The van der Waals surface area contributed by atoms with E-state index in [2.05, 4.69) is 19.2 Å². The number of carbonyl (C=O) groups is 1. The fourth-order valence-electron chi connectivity index (χ4n) is 7.34. The number of hydrogen-bond donors (Lipinski definition) is 6. The molecule has 7 atom stereocenters. The fourth-order valence-corrected chi connectivity index (χ4v) is 7.34. The normalized spacial score (nSPS) is 21.7. The molecule has 1 aliphatic heterocycles. The minimum absolute atomic E-state index is 0.133. The van der Waals surface area contributed by atoms with Crippen LogP contribution >= 0.6 is 0 Å². The maximum atomic E-state index is 12.8. The summed E-state index contributed by atoms with van der Waals surface area (Å²) in [7, 11) is 0. The molecule has 0 bridgehead atoms. The third-order valence-electron chi connectivity index (χ3n) is 11.0. The van der Waals surface area contributed by atoms with Gasteiger partial charge in [-0.1, -0.05) is 194 Å². The van der Waals surface area contributed by atoms with E-state index in [1.165, 1.54) is 148 Å². The first kappa shape index (κ1) is 49.2. The van der Waals surface area contributed by atoms with Crippen LogP contribution in [0.25, 0.3) is 0 Å². The van der Waals surface area contributed by atoms with Crippen molar-refractivity contribution in [3.8, 4) is 0 Å². The summed E-state index contributed by atoms with van der Waals surface area (Å²) < 4.78 is 11.2. The Morgan fingerprint density at radius 1 is 0.577 bits per heavy atom. The van der Waals surface area contributed by atoms with Gasteiger partial charge >= 0.3 is 0 Å². The van der Waals surface area contributed by atoms with Gasteiger partial charge in [-0.15, -0.1) is 0 Å². The quantitative estimate of drug-likeness (QED) is 0.0346. The van der Waals surface area contributed by atoms with Crippen molar-refractivity contribution in [1.29, 1.82) is 0 Å². The molecule has 6 N–H and O–H groups in total. The number of ether oxygens (including phenoxy) is 2. The molecule has 0 aromatic heterocycles. The number of carbonyl (C=O) groups excluding carboxylic acids is 1. The van der Waals surface area contributed by atoms with Crippen molar-refractivity contribution < 1.29 is 39.8 Å². The second-order valence-corrected chi connectivity index (χ2v) is 15.9. The van der Waals surface area contributed by atoms with Crippen LogP contribution in [0.2, 0.25) is 0 Å². The Bertz CT molecular complexity index is 786. The topological polar surface area (TPSA) is 149 Å². The van der Waals surface area contributed by atoms with E-state index in [-0.39, 0.29) is 12.5 Å². The monoisotopic (exact) mass is 744 g/mol. The number of rotatable bonds is 37. The summed E-state index contributed by atoms with van der Waals surface area (Å²) in [6.45, 7) is 3.81. The summed E-state index contributed by atoms with van der Waals surface area (Å²) in [5, 5.41) is 54.1. The van der Waals surface area contributed by atoms with Gasteiger partial charge in [0.25, 0.3) is 0 Å². The average molecular weight is 744 g/mol. The highest BCUT2D eigenvalue weighted by molar-refractivity contribution is 5.76. The largest absolute Gasteiger partial charge is 0.394 e. The second-order valence-electron chi connectivity index (χ2n) is 15.9. The zero-order valence-corrected chi connectivity index (χ0v) is 33.8. The summed E-state index contributed by atoms with van der Waals surface area (Å²) in [6.07, 6.45) is 29.9. The number of aliphatic hydroxyl groups is 5. The smallest absolute Gasteiger partial charge is 0.220 e. The van der Waals surface area contributed by atoms with Crippen LogP contribution in [0, 0.1) is 0 Å². The van der Waals surface area contributed by atoms with Crippen molar-refractivity contribution in [1.82, 2.24) is 5.32 Å². The average Bonchev–Trinajstić information content (AvgIpc) is 3.14. The molecule has 1 aliphatic rings. The highest BCUT2D eigenvalue weighted by Gasteiger charge is 2.44. The molecule has 52 heavy (non-hydrogen) atoms. The van der Waals surface area contributed by atoms with Crippen molar-refractivity contribution in [2.24, 2.45) is 0 Å². The molecule has 7 unspecified atom stereocenters. The van der Waals surface area contributed by atoms with Gasteiger partial charge in [0, 0.05) is 6.42 Å². The standard InChI is InChI=1S/C43H85NO8/c1-3-5-7-9-11-13-14-15-16-17-18-19-20-21-22-23-24-25-26-28-30-32-37(46)36(44-39(47)33-31-29-27-12-10-8-6-4-2)35-51-43-42(50)41(49)40(48)38(34-45)52-43/h36-38,40-43,45-46,48-50H,3-35H2,1-2H3,(H,44,47). The lowest BCUT2D eigenvalue weighted by atomic mass is 9.99. The summed E-state index contributed by atoms with van der Waals surface area (Å²) in [5.41, 5.74) is 0. The molecule has 310 valence electrons. The molecule has 9 heteroatoms. The number of unbranched alkanes of at least 4 members (excludes halogenated alkanes) is 27. The first-order valence-corrected chi connectivity index (χ1v) is 22.2. The molecular formula is C43H85NO8. The van der Waals surface area contributed by atoms with Crippen LogP contribution in [0.15, 0.2) is 0 Å². The Kier molecular flexibility index (Phi) is 32.8. The van der Waals surface area contributed by atoms with Gasteiger partial charge in [0.2, 0.25) is 5.91 Å². The predicted molar refractivity (Wildman–Crippen MR) is 212 cm³/mol. The predicted octanol–water partition coefficient (Wildman–Crippen LogP) is 8.78. The van der Waals surface area contributed by atoms with Crippen LogP contribution in [0.4, 0.5) is 0 Å². The van der Waals surface area contributed by atoms with Gasteiger partial charge in [0.15, 0.2) is 6.29 Å². The van der Waals surface area contributed by atoms with Crippen LogP contribution < -0.4 is 5.32 Å². The van der Waals surface area contributed by atoms with Crippen molar-refractivity contribution >= 4 is 5.91 Å². The molecule has 0 spiro atoms.